The molecule has 1 saturated heterocycles. The number of hydrogen-bond donors (Lipinski definition) is 2. The summed E-state index contributed by atoms with van der Waals surface area (Å²) in [5.41, 5.74) is 1.61. The molecular formula is C16H20N2O3. The quantitative estimate of drug-likeness (QED) is 0.868. The molecule has 2 aliphatic heterocycles. The van der Waals surface area contributed by atoms with Crippen LogP contribution in [0, 0.1) is 5.92 Å². The predicted octanol–water partition coefficient (Wildman–Crippen LogP) is 0.884. The van der Waals surface area contributed by atoms with E-state index in [4.69, 9.17) is 4.74 Å². The lowest BCUT2D eigenvalue weighted by molar-refractivity contribution is -0.123. The first kappa shape index (κ1) is 14.1. The standard InChI is InChI=1S/C16H20N2O3/c19-15-13-4-2-1-3-12(13)9-14(18-15)16(20)17-10-11-5-7-21-8-6-11/h1-4,11,14H,5-10H2,(H,17,20)(H,18,19). The van der Waals surface area contributed by atoms with Gasteiger partial charge >= 0.3 is 0 Å². The molecule has 1 atom stereocenters. The first-order valence-electron chi connectivity index (χ1n) is 7.48. The van der Waals surface area contributed by atoms with Crippen molar-refractivity contribution in [1.82, 2.24) is 10.6 Å². The number of amides is 2. The van der Waals surface area contributed by atoms with Crippen LogP contribution in [-0.4, -0.2) is 37.6 Å². The number of fused-ring (bicyclic) bond motifs is 1. The van der Waals surface area contributed by atoms with Crippen LogP contribution in [0.2, 0.25) is 0 Å². The topological polar surface area (TPSA) is 67.4 Å². The summed E-state index contributed by atoms with van der Waals surface area (Å²) in [6, 6.07) is 6.97. The fourth-order valence-electron chi connectivity index (χ4n) is 2.90. The molecule has 0 saturated carbocycles. The van der Waals surface area contributed by atoms with Crippen molar-refractivity contribution in [3.8, 4) is 0 Å². The van der Waals surface area contributed by atoms with E-state index in [1.807, 2.05) is 18.2 Å². The van der Waals surface area contributed by atoms with Crippen LogP contribution in [0.5, 0.6) is 0 Å². The highest BCUT2D eigenvalue weighted by atomic mass is 16.5. The second-order valence-corrected chi connectivity index (χ2v) is 5.69. The lowest BCUT2D eigenvalue weighted by Gasteiger charge is -2.27. The molecule has 21 heavy (non-hydrogen) atoms. The average Bonchev–Trinajstić information content (AvgIpc) is 2.53. The van der Waals surface area contributed by atoms with E-state index in [9.17, 15) is 9.59 Å². The summed E-state index contributed by atoms with van der Waals surface area (Å²) >= 11 is 0. The van der Waals surface area contributed by atoms with Crippen LogP contribution in [0.1, 0.15) is 28.8 Å². The third-order valence-electron chi connectivity index (χ3n) is 4.21. The van der Waals surface area contributed by atoms with Crippen LogP contribution < -0.4 is 10.6 Å². The van der Waals surface area contributed by atoms with Crippen molar-refractivity contribution in [2.45, 2.75) is 25.3 Å². The molecule has 2 aliphatic rings. The molecular weight excluding hydrogens is 268 g/mol. The van der Waals surface area contributed by atoms with Crippen molar-refractivity contribution in [3.63, 3.8) is 0 Å². The second-order valence-electron chi connectivity index (χ2n) is 5.69. The molecule has 0 bridgehead atoms. The summed E-state index contributed by atoms with van der Waals surface area (Å²) < 4.78 is 5.31. The average molecular weight is 288 g/mol. The molecule has 5 nitrogen and oxygen atoms in total. The van der Waals surface area contributed by atoms with Gasteiger partial charge in [0, 0.05) is 31.7 Å². The minimum atomic E-state index is -0.466. The Morgan fingerprint density at radius 1 is 1.29 bits per heavy atom. The summed E-state index contributed by atoms with van der Waals surface area (Å²) in [5.74, 6) is 0.224. The Morgan fingerprint density at radius 3 is 2.86 bits per heavy atom. The Bertz CT molecular complexity index is 538. The van der Waals surface area contributed by atoms with Crippen molar-refractivity contribution in [2.75, 3.05) is 19.8 Å². The van der Waals surface area contributed by atoms with E-state index in [1.54, 1.807) is 6.07 Å². The van der Waals surface area contributed by atoms with Crippen LogP contribution in [0.25, 0.3) is 0 Å². The highest BCUT2D eigenvalue weighted by Crippen LogP contribution is 2.17. The Labute approximate surface area is 124 Å². The van der Waals surface area contributed by atoms with Gasteiger partial charge in [0.05, 0.1) is 0 Å². The zero-order valence-corrected chi connectivity index (χ0v) is 11.9. The predicted molar refractivity (Wildman–Crippen MR) is 78.0 cm³/mol. The molecule has 0 aromatic heterocycles. The maximum absolute atomic E-state index is 12.2. The molecule has 1 aromatic rings. The van der Waals surface area contributed by atoms with E-state index in [1.165, 1.54) is 0 Å². The smallest absolute Gasteiger partial charge is 0.252 e. The number of carbonyl (C=O) groups excluding carboxylic acids is 2. The number of rotatable bonds is 3. The molecule has 2 N–H and O–H groups in total. The number of hydrogen-bond acceptors (Lipinski definition) is 3. The molecule has 0 spiro atoms. The lowest BCUT2D eigenvalue weighted by atomic mass is 9.94. The zero-order chi connectivity index (χ0) is 14.7. The lowest BCUT2D eigenvalue weighted by Crippen LogP contribution is -2.51. The summed E-state index contributed by atoms with van der Waals surface area (Å²) in [6.45, 7) is 2.21. The highest BCUT2D eigenvalue weighted by molar-refractivity contribution is 6.00. The van der Waals surface area contributed by atoms with Gasteiger partial charge in [-0.3, -0.25) is 9.59 Å². The first-order chi connectivity index (χ1) is 10.2. The van der Waals surface area contributed by atoms with Gasteiger partial charge in [-0.15, -0.1) is 0 Å². The van der Waals surface area contributed by atoms with E-state index < -0.39 is 6.04 Å². The SMILES string of the molecule is O=C1NC(C(=O)NCC2CCOCC2)Cc2ccccc21. The summed E-state index contributed by atoms with van der Waals surface area (Å²) in [4.78, 5) is 24.2. The Morgan fingerprint density at radius 2 is 2.05 bits per heavy atom. The van der Waals surface area contributed by atoms with Crippen LogP contribution in [-0.2, 0) is 16.0 Å². The van der Waals surface area contributed by atoms with Crippen LogP contribution in [0.15, 0.2) is 24.3 Å². The second kappa shape index (κ2) is 6.26. The van der Waals surface area contributed by atoms with Crippen LogP contribution >= 0.6 is 0 Å². The van der Waals surface area contributed by atoms with E-state index in [0.717, 1.165) is 31.6 Å². The van der Waals surface area contributed by atoms with Crippen molar-refractivity contribution < 1.29 is 14.3 Å². The molecule has 0 aliphatic carbocycles. The minimum Gasteiger partial charge on any atom is -0.381 e. The van der Waals surface area contributed by atoms with Gasteiger partial charge in [-0.05, 0) is 30.4 Å². The Balaban J connectivity index is 1.57. The number of ether oxygens (including phenoxy) is 1. The monoisotopic (exact) mass is 288 g/mol. The third kappa shape index (κ3) is 3.24. The van der Waals surface area contributed by atoms with E-state index >= 15 is 0 Å². The Kier molecular flexibility index (Phi) is 4.20. The largest absolute Gasteiger partial charge is 0.381 e. The molecule has 2 amide bonds. The van der Waals surface area contributed by atoms with Crippen molar-refractivity contribution in [3.05, 3.63) is 35.4 Å². The zero-order valence-electron chi connectivity index (χ0n) is 11.9. The maximum atomic E-state index is 12.2. The molecule has 1 aromatic carbocycles. The Hall–Kier alpha value is -1.88. The molecule has 1 fully saturated rings. The maximum Gasteiger partial charge on any atom is 0.252 e. The summed E-state index contributed by atoms with van der Waals surface area (Å²) in [7, 11) is 0. The molecule has 5 heteroatoms. The summed E-state index contributed by atoms with van der Waals surface area (Å²) in [5, 5.41) is 5.75. The molecule has 3 rings (SSSR count). The van der Waals surface area contributed by atoms with Gasteiger partial charge in [-0.1, -0.05) is 18.2 Å². The van der Waals surface area contributed by atoms with Gasteiger partial charge in [-0.25, -0.2) is 0 Å². The van der Waals surface area contributed by atoms with Gasteiger partial charge in [-0.2, -0.15) is 0 Å². The van der Waals surface area contributed by atoms with E-state index in [0.29, 0.717) is 24.4 Å². The summed E-state index contributed by atoms with van der Waals surface area (Å²) in [6.07, 6.45) is 2.53. The third-order valence-corrected chi connectivity index (χ3v) is 4.21. The van der Waals surface area contributed by atoms with Gasteiger partial charge < -0.3 is 15.4 Å². The molecule has 112 valence electrons. The van der Waals surface area contributed by atoms with Crippen LogP contribution in [0.3, 0.4) is 0 Å². The molecule has 1 unspecified atom stereocenters. The minimum absolute atomic E-state index is 0.0932. The number of benzene rings is 1. The van der Waals surface area contributed by atoms with E-state index in [-0.39, 0.29) is 11.8 Å². The van der Waals surface area contributed by atoms with Crippen molar-refractivity contribution in [2.24, 2.45) is 5.92 Å². The fraction of sp³-hybridized carbons (Fsp3) is 0.500. The van der Waals surface area contributed by atoms with Crippen molar-refractivity contribution >= 4 is 11.8 Å². The van der Waals surface area contributed by atoms with Gasteiger partial charge in [0.15, 0.2) is 0 Å². The normalized spacial score (nSPS) is 22.3. The highest BCUT2D eigenvalue weighted by Gasteiger charge is 2.29. The van der Waals surface area contributed by atoms with Crippen molar-refractivity contribution in [1.29, 1.82) is 0 Å². The molecule has 0 radical (unpaired) electrons. The first-order valence-corrected chi connectivity index (χ1v) is 7.48. The molecule has 2 heterocycles. The fourth-order valence-corrected chi connectivity index (χ4v) is 2.90. The van der Waals surface area contributed by atoms with Gasteiger partial charge in [0.1, 0.15) is 6.04 Å². The van der Waals surface area contributed by atoms with E-state index in [2.05, 4.69) is 10.6 Å². The number of nitrogens with one attached hydrogen (secondary N) is 2. The van der Waals surface area contributed by atoms with Crippen LogP contribution in [0.4, 0.5) is 0 Å². The van der Waals surface area contributed by atoms with Gasteiger partial charge in [0.25, 0.3) is 5.91 Å². The van der Waals surface area contributed by atoms with Gasteiger partial charge in [0.2, 0.25) is 5.91 Å². The number of carbonyl (C=O) groups is 2.